The number of aromatic nitrogens is 1. The summed E-state index contributed by atoms with van der Waals surface area (Å²) in [6.07, 6.45) is 3.48. The molecule has 42 heavy (non-hydrogen) atoms. The Hall–Kier alpha value is -4.79. The number of aryl methyl sites for hydroxylation is 1. The SMILES string of the molecule is COc1ccccc1CNC(=O)c1ccc(N2CCN(c3ccccc3C)CC2)c(NC(=O)c2coc(C3CC3)n2)c1. The number of para-hydroxylation sites is 2. The number of nitrogens with zero attached hydrogens (tertiary/aromatic N) is 3. The van der Waals surface area contributed by atoms with Gasteiger partial charge in [0.05, 0.1) is 18.5 Å². The van der Waals surface area contributed by atoms with E-state index in [1.54, 1.807) is 19.2 Å². The minimum Gasteiger partial charge on any atom is -0.496 e. The van der Waals surface area contributed by atoms with Crippen LogP contribution in [0.5, 0.6) is 5.75 Å². The molecule has 216 valence electrons. The highest BCUT2D eigenvalue weighted by Gasteiger charge is 2.30. The Bertz CT molecular complexity index is 1590. The summed E-state index contributed by atoms with van der Waals surface area (Å²) in [4.78, 5) is 35.5. The number of anilines is 3. The average Bonchev–Trinajstić information content (AvgIpc) is 3.76. The lowest BCUT2D eigenvalue weighted by Gasteiger charge is -2.38. The number of rotatable bonds is 9. The monoisotopic (exact) mass is 565 g/mol. The van der Waals surface area contributed by atoms with Crippen LogP contribution >= 0.6 is 0 Å². The molecular formula is C33H35N5O4. The van der Waals surface area contributed by atoms with Gasteiger partial charge in [0.25, 0.3) is 11.8 Å². The van der Waals surface area contributed by atoms with Crippen molar-refractivity contribution >= 4 is 28.9 Å². The lowest BCUT2D eigenvalue weighted by molar-refractivity contribution is 0.0949. The first-order chi connectivity index (χ1) is 20.5. The molecule has 1 saturated heterocycles. The van der Waals surface area contributed by atoms with E-state index < -0.39 is 0 Å². The molecule has 2 aliphatic rings. The highest BCUT2D eigenvalue weighted by Crippen LogP contribution is 2.39. The molecule has 0 radical (unpaired) electrons. The summed E-state index contributed by atoms with van der Waals surface area (Å²) in [6.45, 7) is 5.67. The number of nitrogens with one attached hydrogen (secondary N) is 2. The van der Waals surface area contributed by atoms with E-state index in [1.165, 1.54) is 17.5 Å². The molecule has 2 N–H and O–H groups in total. The van der Waals surface area contributed by atoms with Crippen molar-refractivity contribution in [1.82, 2.24) is 10.3 Å². The Morgan fingerprint density at radius 1 is 0.929 bits per heavy atom. The molecule has 2 heterocycles. The molecule has 0 bridgehead atoms. The van der Waals surface area contributed by atoms with Crippen LogP contribution in [0.4, 0.5) is 17.1 Å². The first kappa shape index (κ1) is 27.4. The lowest BCUT2D eigenvalue weighted by Crippen LogP contribution is -2.47. The smallest absolute Gasteiger partial charge is 0.277 e. The zero-order chi connectivity index (χ0) is 29.1. The molecule has 1 aromatic heterocycles. The van der Waals surface area contributed by atoms with E-state index in [-0.39, 0.29) is 17.5 Å². The molecule has 1 aliphatic heterocycles. The summed E-state index contributed by atoms with van der Waals surface area (Å²) >= 11 is 0. The van der Waals surface area contributed by atoms with E-state index in [1.807, 2.05) is 30.3 Å². The van der Waals surface area contributed by atoms with Gasteiger partial charge >= 0.3 is 0 Å². The molecule has 1 aliphatic carbocycles. The van der Waals surface area contributed by atoms with Crippen LogP contribution in [0, 0.1) is 6.92 Å². The van der Waals surface area contributed by atoms with Crippen molar-refractivity contribution in [2.24, 2.45) is 0 Å². The van der Waals surface area contributed by atoms with Gasteiger partial charge in [-0.2, -0.15) is 0 Å². The number of hydrogen-bond donors (Lipinski definition) is 2. The second kappa shape index (κ2) is 12.0. The van der Waals surface area contributed by atoms with Crippen LogP contribution in [-0.2, 0) is 6.54 Å². The number of oxazole rings is 1. The maximum atomic E-state index is 13.3. The van der Waals surface area contributed by atoms with E-state index in [0.29, 0.717) is 35.4 Å². The Kier molecular flexibility index (Phi) is 7.81. The molecule has 0 spiro atoms. The molecule has 0 unspecified atom stereocenters. The van der Waals surface area contributed by atoms with E-state index in [9.17, 15) is 9.59 Å². The van der Waals surface area contributed by atoms with Gasteiger partial charge in [-0.05, 0) is 55.7 Å². The van der Waals surface area contributed by atoms with Crippen molar-refractivity contribution in [3.8, 4) is 5.75 Å². The molecule has 9 heteroatoms. The van der Waals surface area contributed by atoms with E-state index in [0.717, 1.165) is 50.3 Å². The zero-order valence-corrected chi connectivity index (χ0v) is 23.9. The average molecular weight is 566 g/mol. The Morgan fingerprint density at radius 3 is 2.38 bits per heavy atom. The summed E-state index contributed by atoms with van der Waals surface area (Å²) in [5, 5.41) is 5.99. The summed E-state index contributed by atoms with van der Waals surface area (Å²) in [6, 6.07) is 21.4. The standard InChI is InChI=1S/C33H35N5O4/c1-22-7-3-5-9-28(22)37-15-17-38(18-16-37)29-14-13-24(31(39)34-20-25-8-4-6-10-30(25)41-2)19-26(29)35-32(40)27-21-42-33(36-27)23-11-12-23/h3-10,13-14,19,21,23H,11-12,15-18,20H2,1-2H3,(H,34,39)(H,35,40). The van der Waals surface area contributed by atoms with E-state index in [4.69, 9.17) is 9.15 Å². The normalized spacial score (nSPS) is 14.9. The number of carbonyl (C=O) groups is 2. The molecule has 9 nitrogen and oxygen atoms in total. The van der Waals surface area contributed by atoms with Gasteiger partial charge in [-0.25, -0.2) is 4.98 Å². The molecule has 2 amide bonds. The zero-order valence-electron chi connectivity index (χ0n) is 23.9. The number of hydrogen-bond acceptors (Lipinski definition) is 7. The maximum Gasteiger partial charge on any atom is 0.277 e. The van der Waals surface area contributed by atoms with Gasteiger partial charge in [0.15, 0.2) is 11.6 Å². The minimum absolute atomic E-state index is 0.234. The Labute approximate surface area is 245 Å². The summed E-state index contributed by atoms with van der Waals surface area (Å²) in [5.74, 6) is 1.02. The summed E-state index contributed by atoms with van der Waals surface area (Å²) < 4.78 is 11.0. The van der Waals surface area contributed by atoms with Gasteiger partial charge in [0, 0.05) is 55.5 Å². The van der Waals surface area contributed by atoms with Crippen LogP contribution in [0.3, 0.4) is 0 Å². The molecule has 2 fully saturated rings. The van der Waals surface area contributed by atoms with Crippen molar-refractivity contribution in [1.29, 1.82) is 0 Å². The molecule has 3 aromatic carbocycles. The largest absolute Gasteiger partial charge is 0.496 e. The van der Waals surface area contributed by atoms with Crippen molar-refractivity contribution in [2.75, 3.05) is 48.4 Å². The fraction of sp³-hybridized carbons (Fsp3) is 0.303. The fourth-order valence-corrected chi connectivity index (χ4v) is 5.38. The highest BCUT2D eigenvalue weighted by molar-refractivity contribution is 6.06. The van der Waals surface area contributed by atoms with E-state index >= 15 is 0 Å². The Morgan fingerprint density at radius 2 is 1.64 bits per heavy atom. The number of benzene rings is 3. The number of ether oxygens (including phenoxy) is 1. The molecule has 1 saturated carbocycles. The number of methoxy groups -OCH3 is 1. The second-order valence-electron chi connectivity index (χ2n) is 10.8. The minimum atomic E-state index is -0.364. The topological polar surface area (TPSA) is 99.9 Å². The molecule has 4 aromatic rings. The van der Waals surface area contributed by atoms with Crippen molar-refractivity contribution < 1.29 is 18.7 Å². The molecule has 0 atom stereocenters. The quantitative estimate of drug-likeness (QED) is 0.281. The molecule has 6 rings (SSSR count). The lowest BCUT2D eigenvalue weighted by atomic mass is 10.1. The number of carbonyl (C=O) groups excluding carboxylic acids is 2. The van der Waals surface area contributed by atoms with Crippen LogP contribution in [0.2, 0.25) is 0 Å². The third-order valence-corrected chi connectivity index (χ3v) is 7.90. The third-order valence-electron chi connectivity index (χ3n) is 7.90. The summed E-state index contributed by atoms with van der Waals surface area (Å²) in [7, 11) is 1.61. The maximum absolute atomic E-state index is 13.3. The van der Waals surface area contributed by atoms with Gasteiger partial charge in [0.2, 0.25) is 0 Å². The molecular weight excluding hydrogens is 530 g/mol. The van der Waals surface area contributed by atoms with Crippen LogP contribution in [0.25, 0.3) is 0 Å². The van der Waals surface area contributed by atoms with Crippen LogP contribution in [0.15, 0.2) is 77.4 Å². The van der Waals surface area contributed by atoms with Gasteiger partial charge in [-0.15, -0.1) is 0 Å². The summed E-state index contributed by atoms with van der Waals surface area (Å²) in [5.41, 5.74) is 5.47. The van der Waals surface area contributed by atoms with Crippen molar-refractivity contribution in [2.45, 2.75) is 32.2 Å². The Balaban J connectivity index is 1.22. The second-order valence-corrected chi connectivity index (χ2v) is 10.8. The fourth-order valence-electron chi connectivity index (χ4n) is 5.38. The number of piperazine rings is 1. The van der Waals surface area contributed by atoms with Crippen molar-refractivity contribution in [3.05, 3.63) is 101 Å². The number of amides is 2. The van der Waals surface area contributed by atoms with Gasteiger partial charge in [-0.3, -0.25) is 9.59 Å². The predicted octanol–water partition coefficient (Wildman–Crippen LogP) is 5.38. The first-order valence-corrected chi connectivity index (χ1v) is 14.4. The van der Waals surface area contributed by atoms with Crippen LogP contribution < -0.4 is 25.2 Å². The van der Waals surface area contributed by atoms with Crippen LogP contribution in [0.1, 0.15) is 56.6 Å². The van der Waals surface area contributed by atoms with Gasteiger partial charge < -0.3 is 29.6 Å². The highest BCUT2D eigenvalue weighted by atomic mass is 16.5. The van der Waals surface area contributed by atoms with Gasteiger partial charge in [-0.1, -0.05) is 36.4 Å². The van der Waals surface area contributed by atoms with Crippen LogP contribution in [-0.4, -0.2) is 50.1 Å². The van der Waals surface area contributed by atoms with E-state index in [2.05, 4.69) is 56.6 Å². The third kappa shape index (κ3) is 5.95. The predicted molar refractivity (Wildman–Crippen MR) is 163 cm³/mol. The van der Waals surface area contributed by atoms with Crippen molar-refractivity contribution in [3.63, 3.8) is 0 Å². The van der Waals surface area contributed by atoms with Gasteiger partial charge in [0.1, 0.15) is 12.0 Å². The first-order valence-electron chi connectivity index (χ1n) is 14.4.